The second-order valence-electron chi connectivity index (χ2n) is 4.59. The lowest BCUT2D eigenvalue weighted by atomic mass is 10.0. The highest BCUT2D eigenvalue weighted by Crippen LogP contribution is 2.27. The quantitative estimate of drug-likeness (QED) is 0.914. The van der Waals surface area contributed by atoms with Gasteiger partial charge in [-0.25, -0.2) is 9.67 Å². The maximum Gasteiger partial charge on any atom is 0.308 e. The number of aromatic nitrogens is 3. The Balaban J connectivity index is 1.96. The zero-order chi connectivity index (χ0) is 13.4. The topological polar surface area (TPSA) is 68.0 Å². The Morgan fingerprint density at radius 2 is 2.21 bits per heavy atom. The molecule has 1 N–H and O–H groups in total. The molecular formula is C13H12ClN3O2. The molecule has 5 nitrogen and oxygen atoms in total. The first-order chi connectivity index (χ1) is 9.15. The first kappa shape index (κ1) is 12.2. The minimum absolute atomic E-state index is 0.377. The summed E-state index contributed by atoms with van der Waals surface area (Å²) >= 11 is 6.12. The number of carboxylic acids is 1. The van der Waals surface area contributed by atoms with Gasteiger partial charge in [0.25, 0.3) is 0 Å². The summed E-state index contributed by atoms with van der Waals surface area (Å²) in [6.07, 6.45) is 1.24. The summed E-state index contributed by atoms with van der Waals surface area (Å²) in [6.45, 7) is 0.377. The monoisotopic (exact) mass is 277 g/mol. The van der Waals surface area contributed by atoms with E-state index in [4.69, 9.17) is 16.7 Å². The van der Waals surface area contributed by atoms with Crippen LogP contribution >= 0.6 is 11.6 Å². The average Bonchev–Trinajstić information content (AvgIpc) is 2.81. The van der Waals surface area contributed by atoms with E-state index >= 15 is 0 Å². The van der Waals surface area contributed by atoms with E-state index in [1.165, 1.54) is 0 Å². The van der Waals surface area contributed by atoms with Crippen LogP contribution in [0, 0.1) is 5.92 Å². The molecule has 0 saturated heterocycles. The maximum absolute atomic E-state index is 11.0. The molecule has 0 saturated carbocycles. The number of halogens is 1. The van der Waals surface area contributed by atoms with Gasteiger partial charge in [0.2, 0.25) is 0 Å². The van der Waals surface area contributed by atoms with Crippen molar-refractivity contribution >= 4 is 17.6 Å². The van der Waals surface area contributed by atoms with Gasteiger partial charge >= 0.3 is 5.97 Å². The molecule has 3 rings (SSSR count). The third-order valence-corrected chi connectivity index (χ3v) is 3.65. The summed E-state index contributed by atoms with van der Waals surface area (Å²) in [6, 6.07) is 7.37. The normalized spacial score (nSPS) is 18.1. The fraction of sp³-hybridized carbons (Fsp3) is 0.308. The predicted octanol–water partition coefficient (Wildman–Crippen LogP) is 2.25. The Morgan fingerprint density at radius 3 is 2.95 bits per heavy atom. The Morgan fingerprint density at radius 1 is 1.42 bits per heavy atom. The highest BCUT2D eigenvalue weighted by atomic mass is 35.5. The van der Waals surface area contributed by atoms with Gasteiger partial charge in [0, 0.05) is 12.0 Å². The Labute approximate surface area is 114 Å². The van der Waals surface area contributed by atoms with E-state index in [-0.39, 0.29) is 5.92 Å². The molecule has 98 valence electrons. The van der Waals surface area contributed by atoms with Crippen molar-refractivity contribution < 1.29 is 9.90 Å². The van der Waals surface area contributed by atoms with E-state index in [0.29, 0.717) is 30.2 Å². The lowest BCUT2D eigenvalue weighted by Gasteiger charge is -2.18. The maximum atomic E-state index is 11.0. The molecule has 0 radical (unpaired) electrons. The Bertz CT molecular complexity index is 639. The van der Waals surface area contributed by atoms with Crippen LogP contribution in [0.15, 0.2) is 24.3 Å². The van der Waals surface area contributed by atoms with Crippen LogP contribution in [-0.4, -0.2) is 25.8 Å². The van der Waals surface area contributed by atoms with Crippen LogP contribution in [0.25, 0.3) is 11.4 Å². The zero-order valence-corrected chi connectivity index (χ0v) is 10.8. The summed E-state index contributed by atoms with van der Waals surface area (Å²) in [4.78, 5) is 15.5. The number of hydrogen-bond donors (Lipinski definition) is 1. The van der Waals surface area contributed by atoms with Gasteiger partial charge < -0.3 is 5.11 Å². The van der Waals surface area contributed by atoms with Crippen molar-refractivity contribution in [2.24, 2.45) is 5.92 Å². The van der Waals surface area contributed by atoms with Crippen molar-refractivity contribution in [2.45, 2.75) is 19.4 Å². The van der Waals surface area contributed by atoms with Crippen LogP contribution in [0.3, 0.4) is 0 Å². The minimum atomic E-state index is -0.777. The minimum Gasteiger partial charge on any atom is -0.481 e. The third kappa shape index (κ3) is 2.21. The van der Waals surface area contributed by atoms with Crippen LogP contribution < -0.4 is 0 Å². The second kappa shape index (κ2) is 4.66. The van der Waals surface area contributed by atoms with Crippen molar-refractivity contribution in [3.63, 3.8) is 0 Å². The second-order valence-corrected chi connectivity index (χ2v) is 4.99. The molecule has 2 heterocycles. The molecule has 6 heteroatoms. The van der Waals surface area contributed by atoms with Gasteiger partial charge in [0.05, 0.1) is 17.5 Å². The summed E-state index contributed by atoms with van der Waals surface area (Å²) < 4.78 is 1.68. The Kier molecular flexibility index (Phi) is 2.98. The molecule has 1 aliphatic rings. The van der Waals surface area contributed by atoms with Gasteiger partial charge in [-0.3, -0.25) is 4.79 Å². The number of carboxylic acid groups (broad SMARTS) is 1. The van der Waals surface area contributed by atoms with Crippen LogP contribution in [0.2, 0.25) is 5.02 Å². The first-order valence-electron chi connectivity index (χ1n) is 6.06. The van der Waals surface area contributed by atoms with Crippen molar-refractivity contribution in [1.82, 2.24) is 14.8 Å². The SMILES string of the molecule is O=C(O)C1CCc2nc(-c3ccccc3Cl)nn2C1. The van der Waals surface area contributed by atoms with Crippen molar-refractivity contribution in [2.75, 3.05) is 0 Å². The van der Waals surface area contributed by atoms with Crippen molar-refractivity contribution in [1.29, 1.82) is 0 Å². The standard InChI is InChI=1S/C13H12ClN3O2/c14-10-4-2-1-3-9(10)12-15-11-6-5-8(13(18)19)7-17(11)16-12/h1-4,8H,5-7H2,(H,18,19). The lowest BCUT2D eigenvalue weighted by Crippen LogP contribution is -2.27. The molecule has 19 heavy (non-hydrogen) atoms. The number of benzene rings is 1. The number of rotatable bonds is 2. The first-order valence-corrected chi connectivity index (χ1v) is 6.44. The average molecular weight is 278 g/mol. The predicted molar refractivity (Wildman–Crippen MR) is 69.9 cm³/mol. The molecule has 0 fully saturated rings. The molecule has 0 bridgehead atoms. The van der Waals surface area contributed by atoms with Crippen LogP contribution in [-0.2, 0) is 17.8 Å². The van der Waals surface area contributed by atoms with Gasteiger partial charge in [-0.05, 0) is 18.6 Å². The molecular weight excluding hydrogens is 266 g/mol. The molecule has 0 amide bonds. The van der Waals surface area contributed by atoms with Gasteiger partial charge in [-0.2, -0.15) is 5.10 Å². The zero-order valence-electron chi connectivity index (χ0n) is 10.1. The van der Waals surface area contributed by atoms with Crippen LogP contribution in [0.5, 0.6) is 0 Å². The summed E-state index contributed by atoms with van der Waals surface area (Å²) in [5.74, 6) is 0.229. The molecule has 1 aliphatic heterocycles. The van der Waals surface area contributed by atoms with Gasteiger partial charge in [-0.15, -0.1) is 0 Å². The van der Waals surface area contributed by atoms with Gasteiger partial charge in [0.1, 0.15) is 5.82 Å². The largest absolute Gasteiger partial charge is 0.481 e. The smallest absolute Gasteiger partial charge is 0.308 e. The van der Waals surface area contributed by atoms with Gasteiger partial charge in [-0.1, -0.05) is 23.7 Å². The van der Waals surface area contributed by atoms with E-state index in [0.717, 1.165) is 11.4 Å². The number of aryl methyl sites for hydroxylation is 1. The molecule has 0 aliphatic carbocycles. The van der Waals surface area contributed by atoms with Gasteiger partial charge in [0.15, 0.2) is 5.82 Å². The number of nitrogens with zero attached hydrogens (tertiary/aromatic N) is 3. The van der Waals surface area contributed by atoms with E-state index in [1.807, 2.05) is 18.2 Å². The number of hydrogen-bond acceptors (Lipinski definition) is 3. The van der Waals surface area contributed by atoms with Crippen LogP contribution in [0.4, 0.5) is 0 Å². The number of aliphatic carboxylic acids is 1. The van der Waals surface area contributed by atoms with Crippen molar-refractivity contribution in [3.05, 3.63) is 35.1 Å². The molecule has 0 spiro atoms. The fourth-order valence-corrected chi connectivity index (χ4v) is 2.49. The summed E-state index contributed by atoms with van der Waals surface area (Å²) in [5.41, 5.74) is 0.776. The van der Waals surface area contributed by atoms with E-state index in [9.17, 15) is 4.79 Å². The van der Waals surface area contributed by atoms with E-state index in [1.54, 1.807) is 10.7 Å². The highest BCUT2D eigenvalue weighted by Gasteiger charge is 2.26. The Hall–Kier alpha value is -1.88. The summed E-state index contributed by atoms with van der Waals surface area (Å²) in [7, 11) is 0. The molecule has 2 aromatic rings. The highest BCUT2D eigenvalue weighted by molar-refractivity contribution is 6.33. The molecule has 1 unspecified atom stereocenters. The molecule has 1 aromatic heterocycles. The van der Waals surface area contributed by atoms with E-state index in [2.05, 4.69) is 10.1 Å². The number of fused-ring (bicyclic) bond motifs is 1. The van der Waals surface area contributed by atoms with Crippen molar-refractivity contribution in [3.8, 4) is 11.4 Å². The summed E-state index contributed by atoms with van der Waals surface area (Å²) in [5, 5.41) is 14.0. The van der Waals surface area contributed by atoms with Crippen LogP contribution in [0.1, 0.15) is 12.2 Å². The third-order valence-electron chi connectivity index (χ3n) is 3.32. The molecule has 1 atom stereocenters. The lowest BCUT2D eigenvalue weighted by molar-refractivity contribution is -0.142. The van der Waals surface area contributed by atoms with E-state index < -0.39 is 5.97 Å². The number of carbonyl (C=O) groups is 1. The fourth-order valence-electron chi connectivity index (χ4n) is 2.27. The molecule has 1 aromatic carbocycles.